The van der Waals surface area contributed by atoms with Crippen molar-refractivity contribution in [3.8, 4) is 17.2 Å². The first kappa shape index (κ1) is 16.7. The summed E-state index contributed by atoms with van der Waals surface area (Å²) in [6.45, 7) is 0.435. The van der Waals surface area contributed by atoms with Gasteiger partial charge >= 0.3 is 0 Å². The summed E-state index contributed by atoms with van der Waals surface area (Å²) in [4.78, 5) is 21.4. The molecule has 0 radical (unpaired) electrons. The molecule has 2 heterocycles. The summed E-state index contributed by atoms with van der Waals surface area (Å²) in [6.07, 6.45) is 3.54. The first-order valence-corrected chi connectivity index (χ1v) is 7.61. The SMILES string of the molecule is COc1cc2c(=O)n(CCc3ncnn3C)cnc2c(OC)c1OC. The Balaban J connectivity index is 2.07. The fourth-order valence-corrected chi connectivity index (χ4v) is 2.69. The lowest BCUT2D eigenvalue weighted by Crippen LogP contribution is -2.22. The minimum absolute atomic E-state index is 0.188. The van der Waals surface area contributed by atoms with E-state index >= 15 is 0 Å². The molecule has 0 bridgehead atoms. The molecule has 25 heavy (non-hydrogen) atoms. The van der Waals surface area contributed by atoms with Crippen LogP contribution in [-0.2, 0) is 20.0 Å². The summed E-state index contributed by atoms with van der Waals surface area (Å²) in [5.74, 6) is 1.98. The van der Waals surface area contributed by atoms with Gasteiger partial charge in [-0.15, -0.1) is 0 Å². The fourth-order valence-electron chi connectivity index (χ4n) is 2.69. The maximum absolute atomic E-state index is 12.8. The average Bonchev–Trinajstić information content (AvgIpc) is 3.04. The van der Waals surface area contributed by atoms with Crippen LogP contribution in [0.25, 0.3) is 10.9 Å². The Hall–Kier alpha value is -3.10. The van der Waals surface area contributed by atoms with Gasteiger partial charge in [-0.3, -0.25) is 14.0 Å². The van der Waals surface area contributed by atoms with Crippen LogP contribution in [0.15, 0.2) is 23.5 Å². The van der Waals surface area contributed by atoms with Gasteiger partial charge in [-0.1, -0.05) is 0 Å². The van der Waals surface area contributed by atoms with E-state index in [4.69, 9.17) is 14.2 Å². The molecule has 0 aliphatic carbocycles. The number of aryl methyl sites for hydroxylation is 3. The van der Waals surface area contributed by atoms with Crippen molar-refractivity contribution in [3.63, 3.8) is 0 Å². The Kier molecular flexibility index (Phi) is 4.55. The number of nitrogens with zero attached hydrogens (tertiary/aromatic N) is 5. The number of aromatic nitrogens is 5. The van der Waals surface area contributed by atoms with Crippen molar-refractivity contribution in [2.75, 3.05) is 21.3 Å². The first-order chi connectivity index (χ1) is 12.1. The van der Waals surface area contributed by atoms with Crippen LogP contribution >= 0.6 is 0 Å². The van der Waals surface area contributed by atoms with E-state index in [1.165, 1.54) is 38.6 Å². The minimum atomic E-state index is -0.188. The smallest absolute Gasteiger partial charge is 0.261 e. The van der Waals surface area contributed by atoms with E-state index in [-0.39, 0.29) is 5.56 Å². The number of methoxy groups -OCH3 is 3. The zero-order chi connectivity index (χ0) is 18.0. The van der Waals surface area contributed by atoms with Crippen LogP contribution in [0, 0.1) is 0 Å². The standard InChI is InChI=1S/C16H19N5O4/c1-20-12(17-8-19-20)5-6-21-9-18-13-10(16(21)22)7-11(23-2)14(24-3)15(13)25-4/h7-9H,5-6H2,1-4H3. The molecule has 3 aromatic rings. The highest BCUT2D eigenvalue weighted by molar-refractivity contribution is 5.89. The summed E-state index contributed by atoms with van der Waals surface area (Å²) >= 11 is 0. The second kappa shape index (κ2) is 6.80. The van der Waals surface area contributed by atoms with Gasteiger partial charge in [0.2, 0.25) is 5.75 Å². The number of benzene rings is 1. The summed E-state index contributed by atoms with van der Waals surface area (Å²) in [5, 5.41) is 4.42. The molecule has 9 nitrogen and oxygen atoms in total. The van der Waals surface area contributed by atoms with Crippen LogP contribution in [0.1, 0.15) is 5.82 Å². The Morgan fingerprint density at radius 1 is 1.08 bits per heavy atom. The van der Waals surface area contributed by atoms with Crippen LogP contribution in [-0.4, -0.2) is 45.6 Å². The molecule has 0 saturated carbocycles. The van der Waals surface area contributed by atoms with E-state index in [0.29, 0.717) is 41.1 Å². The highest BCUT2D eigenvalue weighted by atomic mass is 16.5. The molecule has 0 fully saturated rings. The lowest BCUT2D eigenvalue weighted by atomic mass is 10.2. The second-order valence-electron chi connectivity index (χ2n) is 5.33. The first-order valence-electron chi connectivity index (χ1n) is 7.61. The lowest BCUT2D eigenvalue weighted by molar-refractivity contribution is 0.326. The van der Waals surface area contributed by atoms with E-state index < -0.39 is 0 Å². The summed E-state index contributed by atoms with van der Waals surface area (Å²) in [6, 6.07) is 1.62. The third-order valence-corrected chi connectivity index (χ3v) is 4.00. The van der Waals surface area contributed by atoms with Gasteiger partial charge in [0.05, 0.1) is 33.0 Å². The van der Waals surface area contributed by atoms with Crippen LogP contribution in [0.5, 0.6) is 17.2 Å². The summed E-state index contributed by atoms with van der Waals surface area (Å²) in [5.41, 5.74) is 0.242. The molecule has 0 spiro atoms. The molecule has 0 aliphatic rings. The third-order valence-electron chi connectivity index (χ3n) is 4.00. The van der Waals surface area contributed by atoms with Crippen molar-refractivity contribution in [2.24, 2.45) is 7.05 Å². The minimum Gasteiger partial charge on any atom is -0.493 e. The van der Waals surface area contributed by atoms with Crippen LogP contribution in [0.3, 0.4) is 0 Å². The van der Waals surface area contributed by atoms with Crippen molar-refractivity contribution in [2.45, 2.75) is 13.0 Å². The normalized spacial score (nSPS) is 10.9. The van der Waals surface area contributed by atoms with E-state index in [9.17, 15) is 4.79 Å². The number of hydrogen-bond acceptors (Lipinski definition) is 7. The van der Waals surface area contributed by atoms with Gasteiger partial charge in [-0.25, -0.2) is 9.97 Å². The van der Waals surface area contributed by atoms with E-state index in [2.05, 4.69) is 15.1 Å². The van der Waals surface area contributed by atoms with E-state index in [0.717, 1.165) is 5.82 Å². The summed E-state index contributed by atoms with van der Waals surface area (Å²) < 4.78 is 19.2. The zero-order valence-electron chi connectivity index (χ0n) is 14.5. The Bertz CT molecular complexity index is 963. The fraction of sp³-hybridized carbons (Fsp3) is 0.375. The molecule has 0 aliphatic heterocycles. The quantitative estimate of drug-likeness (QED) is 0.652. The van der Waals surface area contributed by atoms with Crippen LogP contribution in [0.4, 0.5) is 0 Å². The Morgan fingerprint density at radius 2 is 1.84 bits per heavy atom. The van der Waals surface area contributed by atoms with Gasteiger partial charge in [0, 0.05) is 20.0 Å². The monoisotopic (exact) mass is 345 g/mol. The van der Waals surface area contributed by atoms with Crippen molar-refractivity contribution in [3.05, 3.63) is 34.9 Å². The van der Waals surface area contributed by atoms with Gasteiger partial charge in [0.15, 0.2) is 11.5 Å². The maximum atomic E-state index is 12.8. The Morgan fingerprint density at radius 3 is 2.44 bits per heavy atom. The highest BCUT2D eigenvalue weighted by Crippen LogP contribution is 2.41. The third kappa shape index (κ3) is 2.88. The molecule has 9 heteroatoms. The maximum Gasteiger partial charge on any atom is 0.261 e. The van der Waals surface area contributed by atoms with Crippen LogP contribution < -0.4 is 19.8 Å². The van der Waals surface area contributed by atoms with Gasteiger partial charge in [-0.2, -0.15) is 5.10 Å². The Labute approximate surface area is 143 Å². The molecule has 1 aromatic carbocycles. The molecule has 2 aromatic heterocycles. The van der Waals surface area contributed by atoms with Crippen molar-refractivity contribution >= 4 is 10.9 Å². The zero-order valence-corrected chi connectivity index (χ0v) is 14.5. The number of rotatable bonds is 6. The highest BCUT2D eigenvalue weighted by Gasteiger charge is 2.19. The molecular formula is C16H19N5O4. The van der Waals surface area contributed by atoms with Gasteiger partial charge in [0.25, 0.3) is 5.56 Å². The molecule has 0 atom stereocenters. The van der Waals surface area contributed by atoms with Crippen LogP contribution in [0.2, 0.25) is 0 Å². The lowest BCUT2D eigenvalue weighted by Gasteiger charge is -2.14. The van der Waals surface area contributed by atoms with Gasteiger partial charge < -0.3 is 14.2 Å². The molecular weight excluding hydrogens is 326 g/mol. The predicted molar refractivity (Wildman–Crippen MR) is 90.4 cm³/mol. The molecule has 0 unspecified atom stereocenters. The second-order valence-corrected chi connectivity index (χ2v) is 5.33. The molecule has 0 amide bonds. The predicted octanol–water partition coefficient (Wildman–Crippen LogP) is 0.793. The molecule has 0 N–H and O–H groups in total. The molecule has 3 rings (SSSR count). The number of ether oxygens (including phenoxy) is 3. The van der Waals surface area contributed by atoms with Crippen molar-refractivity contribution in [1.29, 1.82) is 0 Å². The topological polar surface area (TPSA) is 93.3 Å². The number of hydrogen-bond donors (Lipinski definition) is 0. The largest absolute Gasteiger partial charge is 0.493 e. The average molecular weight is 345 g/mol. The van der Waals surface area contributed by atoms with Gasteiger partial charge in [-0.05, 0) is 6.07 Å². The molecule has 0 saturated heterocycles. The molecule has 132 valence electrons. The van der Waals surface area contributed by atoms with E-state index in [1.807, 2.05) is 7.05 Å². The van der Waals surface area contributed by atoms with Gasteiger partial charge in [0.1, 0.15) is 17.7 Å². The summed E-state index contributed by atoms with van der Waals surface area (Å²) in [7, 11) is 6.32. The number of fused-ring (bicyclic) bond motifs is 1. The van der Waals surface area contributed by atoms with Crippen molar-refractivity contribution in [1.82, 2.24) is 24.3 Å². The van der Waals surface area contributed by atoms with Crippen molar-refractivity contribution < 1.29 is 14.2 Å². The van der Waals surface area contributed by atoms with E-state index in [1.54, 1.807) is 10.7 Å².